The summed E-state index contributed by atoms with van der Waals surface area (Å²) in [5, 5.41) is 20.6. The van der Waals surface area contributed by atoms with Crippen molar-refractivity contribution in [3.05, 3.63) is 83.9 Å². The van der Waals surface area contributed by atoms with E-state index in [2.05, 4.69) is 64.3 Å². The van der Waals surface area contributed by atoms with Gasteiger partial charge in [0.25, 0.3) is 0 Å². The van der Waals surface area contributed by atoms with Crippen LogP contribution in [0.15, 0.2) is 83.0 Å². The Morgan fingerprint density at radius 2 is 1.49 bits per heavy atom. The molecule has 0 aliphatic carbocycles. The van der Waals surface area contributed by atoms with Crippen molar-refractivity contribution < 1.29 is 9.53 Å². The molecule has 0 saturated carbocycles. The molecule has 224 valence electrons. The number of hydrogen-bond donors (Lipinski definition) is 4. The standard InChI is InChI=1S/C31H38N10O2/c1-5-41(27-13-11-25(12-14-27)40-39-24-9-7-6-8-10-24)17-18-43-31(42)34-16-15-33-29-36-28(32-4)37-30(38-29)35-26-20-22(2)19-23(3)21-26/h6-14,19-21H,5,15-18H2,1-4H3,(H,34,42)(H3,32,33,35,36,37,38). The van der Waals surface area contributed by atoms with Crippen molar-refractivity contribution in [3.8, 4) is 0 Å². The van der Waals surface area contributed by atoms with Crippen LogP contribution in [0.25, 0.3) is 0 Å². The number of aryl methyl sites for hydroxylation is 2. The van der Waals surface area contributed by atoms with Crippen molar-refractivity contribution in [2.75, 3.05) is 60.7 Å². The zero-order valence-corrected chi connectivity index (χ0v) is 25.0. The first kappa shape index (κ1) is 30.7. The van der Waals surface area contributed by atoms with E-state index in [0.29, 0.717) is 37.5 Å². The van der Waals surface area contributed by atoms with E-state index >= 15 is 0 Å². The maximum Gasteiger partial charge on any atom is 0.407 e. The number of likely N-dealkylation sites (N-methyl/N-ethyl adjacent to an activating group) is 1. The summed E-state index contributed by atoms with van der Waals surface area (Å²) in [6.45, 7) is 8.43. The summed E-state index contributed by atoms with van der Waals surface area (Å²) in [6, 6.07) is 23.5. The topological polar surface area (TPSA) is 141 Å². The van der Waals surface area contributed by atoms with E-state index in [0.717, 1.165) is 40.4 Å². The van der Waals surface area contributed by atoms with E-state index in [-0.39, 0.29) is 6.61 Å². The highest BCUT2D eigenvalue weighted by molar-refractivity contribution is 5.67. The number of hydrogen-bond acceptors (Lipinski definition) is 11. The molecule has 4 rings (SSSR count). The maximum absolute atomic E-state index is 12.2. The number of rotatable bonds is 14. The maximum atomic E-state index is 12.2. The molecule has 12 heteroatoms. The monoisotopic (exact) mass is 582 g/mol. The van der Waals surface area contributed by atoms with Gasteiger partial charge in [-0.05, 0) is 80.4 Å². The second-order valence-electron chi connectivity index (χ2n) is 9.68. The van der Waals surface area contributed by atoms with Gasteiger partial charge in [-0.3, -0.25) is 0 Å². The highest BCUT2D eigenvalue weighted by Gasteiger charge is 2.09. The van der Waals surface area contributed by atoms with E-state index in [1.807, 2.05) is 80.6 Å². The van der Waals surface area contributed by atoms with Crippen LogP contribution in [-0.4, -0.2) is 60.9 Å². The molecule has 1 amide bonds. The molecule has 0 aliphatic heterocycles. The van der Waals surface area contributed by atoms with Gasteiger partial charge in [-0.25, -0.2) is 4.79 Å². The van der Waals surface area contributed by atoms with E-state index in [1.165, 1.54) is 0 Å². The number of amides is 1. The third-order valence-corrected chi connectivity index (χ3v) is 6.24. The molecule has 0 unspecified atom stereocenters. The number of carbonyl (C=O) groups is 1. The van der Waals surface area contributed by atoms with Crippen molar-refractivity contribution in [2.45, 2.75) is 20.8 Å². The Labute approximate surface area is 252 Å². The lowest BCUT2D eigenvalue weighted by atomic mass is 10.1. The molecule has 1 aromatic heterocycles. The van der Waals surface area contributed by atoms with Gasteiger partial charge in [0.2, 0.25) is 17.8 Å². The highest BCUT2D eigenvalue weighted by Crippen LogP contribution is 2.22. The van der Waals surface area contributed by atoms with Gasteiger partial charge < -0.3 is 30.9 Å². The number of nitrogens with zero attached hydrogens (tertiary/aromatic N) is 6. The number of aromatic nitrogens is 3. The van der Waals surface area contributed by atoms with Crippen LogP contribution in [0.3, 0.4) is 0 Å². The number of anilines is 5. The van der Waals surface area contributed by atoms with Crippen molar-refractivity contribution in [1.82, 2.24) is 20.3 Å². The molecule has 0 saturated heterocycles. The Hall–Kier alpha value is -5.26. The Morgan fingerprint density at radius 1 is 0.837 bits per heavy atom. The van der Waals surface area contributed by atoms with Gasteiger partial charge in [0, 0.05) is 38.1 Å². The van der Waals surface area contributed by atoms with Crippen molar-refractivity contribution >= 4 is 46.7 Å². The first-order valence-corrected chi connectivity index (χ1v) is 14.2. The Bertz CT molecular complexity index is 1480. The Balaban J connectivity index is 1.19. The first-order chi connectivity index (χ1) is 20.9. The Kier molecular flexibility index (Phi) is 11.2. The van der Waals surface area contributed by atoms with Crippen molar-refractivity contribution in [1.29, 1.82) is 0 Å². The molecule has 0 fully saturated rings. The van der Waals surface area contributed by atoms with Crippen molar-refractivity contribution in [2.24, 2.45) is 10.2 Å². The number of alkyl carbamates (subject to hydrolysis) is 1. The van der Waals surface area contributed by atoms with Gasteiger partial charge >= 0.3 is 6.09 Å². The minimum absolute atomic E-state index is 0.245. The number of benzene rings is 3. The van der Waals surface area contributed by atoms with E-state index in [9.17, 15) is 4.79 Å². The van der Waals surface area contributed by atoms with Crippen LogP contribution in [0.4, 0.5) is 45.4 Å². The minimum Gasteiger partial charge on any atom is -0.448 e. The predicted octanol–water partition coefficient (Wildman–Crippen LogP) is 6.35. The van der Waals surface area contributed by atoms with Crippen LogP contribution >= 0.6 is 0 Å². The van der Waals surface area contributed by atoms with Gasteiger partial charge in [0.15, 0.2) is 0 Å². The summed E-state index contributed by atoms with van der Waals surface area (Å²) < 4.78 is 5.39. The quantitative estimate of drug-likeness (QED) is 0.0988. The van der Waals surface area contributed by atoms with Crippen LogP contribution in [0.5, 0.6) is 0 Å². The Morgan fingerprint density at radius 3 is 2.16 bits per heavy atom. The second-order valence-corrected chi connectivity index (χ2v) is 9.68. The third-order valence-electron chi connectivity index (χ3n) is 6.24. The van der Waals surface area contributed by atoms with E-state index < -0.39 is 6.09 Å². The lowest BCUT2D eigenvalue weighted by Crippen LogP contribution is -2.33. The normalized spacial score (nSPS) is 10.8. The molecule has 0 radical (unpaired) electrons. The predicted molar refractivity (Wildman–Crippen MR) is 171 cm³/mol. The molecule has 4 N–H and O–H groups in total. The molecule has 43 heavy (non-hydrogen) atoms. The number of azo groups is 1. The fourth-order valence-electron chi connectivity index (χ4n) is 4.25. The summed E-state index contributed by atoms with van der Waals surface area (Å²) in [7, 11) is 1.74. The van der Waals surface area contributed by atoms with E-state index in [4.69, 9.17) is 4.74 Å². The summed E-state index contributed by atoms with van der Waals surface area (Å²) in [5.41, 5.74) is 5.75. The number of ether oxygens (including phenoxy) is 1. The zero-order chi connectivity index (χ0) is 30.4. The molecule has 1 heterocycles. The average molecular weight is 583 g/mol. The molecule has 0 aliphatic rings. The van der Waals surface area contributed by atoms with Crippen LogP contribution in [0.2, 0.25) is 0 Å². The third kappa shape index (κ3) is 9.95. The fraction of sp³-hybridized carbons (Fsp3) is 0.290. The molecule has 3 aromatic carbocycles. The molecule has 4 aromatic rings. The van der Waals surface area contributed by atoms with Gasteiger partial charge in [-0.2, -0.15) is 25.2 Å². The smallest absolute Gasteiger partial charge is 0.407 e. The fourth-order valence-corrected chi connectivity index (χ4v) is 4.25. The lowest BCUT2D eigenvalue weighted by molar-refractivity contribution is 0.149. The van der Waals surface area contributed by atoms with Gasteiger partial charge in [0.05, 0.1) is 17.9 Å². The van der Waals surface area contributed by atoms with Gasteiger partial charge in [-0.15, -0.1) is 0 Å². The van der Waals surface area contributed by atoms with Crippen molar-refractivity contribution in [3.63, 3.8) is 0 Å². The average Bonchev–Trinajstić information content (AvgIpc) is 3.00. The van der Waals surface area contributed by atoms with E-state index in [1.54, 1.807) is 7.05 Å². The molecule has 0 atom stereocenters. The molecular formula is C31H38N10O2. The summed E-state index contributed by atoms with van der Waals surface area (Å²) in [6.07, 6.45) is -0.488. The highest BCUT2D eigenvalue weighted by atomic mass is 16.5. The molecule has 0 spiro atoms. The van der Waals surface area contributed by atoms with Gasteiger partial charge in [-0.1, -0.05) is 24.3 Å². The summed E-state index contributed by atoms with van der Waals surface area (Å²) in [4.78, 5) is 27.5. The lowest BCUT2D eigenvalue weighted by Gasteiger charge is -2.23. The molecular weight excluding hydrogens is 544 g/mol. The summed E-state index contributed by atoms with van der Waals surface area (Å²) >= 11 is 0. The zero-order valence-electron chi connectivity index (χ0n) is 25.0. The second kappa shape index (κ2) is 15.7. The minimum atomic E-state index is -0.488. The summed E-state index contributed by atoms with van der Waals surface area (Å²) in [5.74, 6) is 1.21. The molecule has 0 bridgehead atoms. The van der Waals surface area contributed by atoms with Crippen LogP contribution in [-0.2, 0) is 4.74 Å². The van der Waals surface area contributed by atoms with Crippen LogP contribution in [0.1, 0.15) is 18.1 Å². The SMILES string of the molecule is CCN(CCOC(=O)NCCNc1nc(NC)nc(Nc2cc(C)cc(C)c2)n1)c1ccc(N=Nc2ccccc2)cc1. The largest absolute Gasteiger partial charge is 0.448 e. The number of carbonyl (C=O) groups excluding carboxylic acids is 1. The number of nitrogens with one attached hydrogen (secondary N) is 4. The molecule has 12 nitrogen and oxygen atoms in total. The van der Waals surface area contributed by atoms with Crippen LogP contribution in [0, 0.1) is 13.8 Å². The van der Waals surface area contributed by atoms with Crippen LogP contribution < -0.4 is 26.2 Å². The first-order valence-electron chi connectivity index (χ1n) is 14.2. The van der Waals surface area contributed by atoms with Gasteiger partial charge in [0.1, 0.15) is 6.61 Å².